The van der Waals surface area contributed by atoms with Crippen molar-refractivity contribution in [3.63, 3.8) is 0 Å². The summed E-state index contributed by atoms with van der Waals surface area (Å²) >= 11 is 0. The van der Waals surface area contributed by atoms with Crippen LogP contribution in [-0.4, -0.2) is 49.5 Å². The lowest BCUT2D eigenvalue weighted by molar-refractivity contribution is 0.182. The first-order valence-corrected chi connectivity index (χ1v) is 8.96. The fourth-order valence-corrected chi connectivity index (χ4v) is 4.06. The summed E-state index contributed by atoms with van der Waals surface area (Å²) in [6, 6.07) is 3.89. The standard InChI is InChI=1S/C19H25N3O3/c1-4-19(11-25-19)13-5-7-22(8-6-13)18-14-9-16(23-2)17(24-3)10-15(14)20-12-21-18/h9-10,12-13H,4-8,11H2,1-3H3. The summed E-state index contributed by atoms with van der Waals surface area (Å²) < 4.78 is 16.6. The van der Waals surface area contributed by atoms with Crippen LogP contribution in [0.2, 0.25) is 0 Å². The molecule has 1 atom stereocenters. The highest BCUT2D eigenvalue weighted by Gasteiger charge is 2.50. The van der Waals surface area contributed by atoms with E-state index in [4.69, 9.17) is 14.2 Å². The first-order valence-electron chi connectivity index (χ1n) is 8.96. The first-order chi connectivity index (χ1) is 12.2. The number of ether oxygens (including phenoxy) is 3. The summed E-state index contributed by atoms with van der Waals surface area (Å²) in [5.74, 6) is 3.04. The molecule has 1 unspecified atom stereocenters. The predicted octanol–water partition coefficient (Wildman–Crippen LogP) is 3.04. The maximum absolute atomic E-state index is 5.78. The number of nitrogens with zero attached hydrogens (tertiary/aromatic N) is 3. The van der Waals surface area contributed by atoms with E-state index < -0.39 is 0 Å². The van der Waals surface area contributed by atoms with E-state index in [-0.39, 0.29) is 5.60 Å². The smallest absolute Gasteiger partial charge is 0.162 e. The van der Waals surface area contributed by atoms with Gasteiger partial charge in [0.1, 0.15) is 12.1 Å². The topological polar surface area (TPSA) is 60.0 Å². The molecule has 6 heteroatoms. The second-order valence-electron chi connectivity index (χ2n) is 6.89. The van der Waals surface area contributed by atoms with Gasteiger partial charge in [0.05, 0.1) is 31.9 Å². The van der Waals surface area contributed by atoms with Crippen LogP contribution in [0, 0.1) is 5.92 Å². The molecule has 0 N–H and O–H groups in total. The van der Waals surface area contributed by atoms with Gasteiger partial charge >= 0.3 is 0 Å². The molecule has 3 heterocycles. The van der Waals surface area contributed by atoms with Gasteiger partial charge in [-0.15, -0.1) is 0 Å². The average Bonchev–Trinajstić information content (AvgIpc) is 3.48. The Morgan fingerprint density at radius 2 is 1.84 bits per heavy atom. The molecule has 2 aliphatic rings. The molecule has 1 aromatic carbocycles. The van der Waals surface area contributed by atoms with Crippen LogP contribution in [0.25, 0.3) is 10.9 Å². The van der Waals surface area contributed by atoms with E-state index in [9.17, 15) is 0 Å². The quantitative estimate of drug-likeness (QED) is 0.778. The summed E-state index contributed by atoms with van der Waals surface area (Å²) in [5.41, 5.74) is 1.04. The Balaban J connectivity index is 1.61. The summed E-state index contributed by atoms with van der Waals surface area (Å²) in [5, 5.41) is 1.01. The Morgan fingerprint density at radius 1 is 1.16 bits per heavy atom. The number of rotatable bonds is 5. The third-order valence-electron chi connectivity index (χ3n) is 5.77. The lowest BCUT2D eigenvalue weighted by Crippen LogP contribution is -2.39. The number of fused-ring (bicyclic) bond motifs is 1. The van der Waals surface area contributed by atoms with Gasteiger partial charge in [0.15, 0.2) is 11.5 Å². The largest absolute Gasteiger partial charge is 0.493 e. The van der Waals surface area contributed by atoms with Crippen molar-refractivity contribution in [1.29, 1.82) is 0 Å². The number of epoxide rings is 1. The van der Waals surface area contributed by atoms with Crippen molar-refractivity contribution in [3.05, 3.63) is 18.5 Å². The van der Waals surface area contributed by atoms with Gasteiger partial charge in [-0.05, 0) is 31.2 Å². The molecule has 0 amide bonds. The van der Waals surface area contributed by atoms with Gasteiger partial charge in [-0.1, -0.05) is 6.92 Å². The molecule has 0 bridgehead atoms. The number of piperidine rings is 1. The fraction of sp³-hybridized carbons (Fsp3) is 0.579. The molecule has 25 heavy (non-hydrogen) atoms. The Hall–Kier alpha value is -2.08. The second kappa shape index (κ2) is 6.33. The summed E-state index contributed by atoms with van der Waals surface area (Å²) in [6.45, 7) is 5.16. The number of hydrogen-bond acceptors (Lipinski definition) is 6. The van der Waals surface area contributed by atoms with Crippen LogP contribution >= 0.6 is 0 Å². The molecule has 134 valence electrons. The molecule has 2 aromatic rings. The van der Waals surface area contributed by atoms with Crippen LogP contribution in [-0.2, 0) is 4.74 Å². The Morgan fingerprint density at radius 3 is 2.44 bits per heavy atom. The van der Waals surface area contributed by atoms with Crippen molar-refractivity contribution in [2.24, 2.45) is 5.92 Å². The van der Waals surface area contributed by atoms with Crippen LogP contribution in [0.5, 0.6) is 11.5 Å². The Bertz CT molecular complexity index is 768. The number of benzene rings is 1. The third-order valence-corrected chi connectivity index (χ3v) is 5.77. The zero-order valence-corrected chi connectivity index (χ0v) is 15.1. The van der Waals surface area contributed by atoms with Crippen LogP contribution < -0.4 is 14.4 Å². The third kappa shape index (κ3) is 2.78. The molecular formula is C19H25N3O3. The van der Waals surface area contributed by atoms with E-state index in [0.717, 1.165) is 55.7 Å². The molecule has 2 fully saturated rings. The maximum Gasteiger partial charge on any atom is 0.162 e. The Kier molecular flexibility index (Phi) is 4.15. The van der Waals surface area contributed by atoms with Gasteiger partial charge in [-0.2, -0.15) is 0 Å². The van der Waals surface area contributed by atoms with Gasteiger partial charge in [-0.3, -0.25) is 0 Å². The highest BCUT2D eigenvalue weighted by molar-refractivity contribution is 5.92. The van der Waals surface area contributed by atoms with E-state index in [1.807, 2.05) is 12.1 Å². The minimum absolute atomic E-state index is 0.163. The predicted molar refractivity (Wildman–Crippen MR) is 96.6 cm³/mol. The highest BCUT2D eigenvalue weighted by atomic mass is 16.6. The van der Waals surface area contributed by atoms with Crippen molar-refractivity contribution < 1.29 is 14.2 Å². The average molecular weight is 343 g/mol. The zero-order valence-electron chi connectivity index (χ0n) is 15.1. The SMILES string of the molecule is CCC1(C2CCN(c3ncnc4cc(OC)c(OC)cc34)CC2)CO1. The molecule has 0 spiro atoms. The molecule has 6 nitrogen and oxygen atoms in total. The van der Waals surface area contributed by atoms with Crippen molar-refractivity contribution in [1.82, 2.24) is 9.97 Å². The molecule has 0 aliphatic carbocycles. The molecule has 0 radical (unpaired) electrons. The van der Waals surface area contributed by atoms with Crippen molar-refractivity contribution >= 4 is 16.7 Å². The molecule has 2 aliphatic heterocycles. The summed E-state index contributed by atoms with van der Waals surface area (Å²) in [4.78, 5) is 11.3. The van der Waals surface area contributed by atoms with E-state index in [1.54, 1.807) is 20.5 Å². The van der Waals surface area contributed by atoms with Crippen molar-refractivity contribution in [3.8, 4) is 11.5 Å². The normalized spacial score (nSPS) is 23.7. The number of aromatic nitrogens is 2. The van der Waals surface area contributed by atoms with Crippen LogP contribution in [0.15, 0.2) is 18.5 Å². The second-order valence-corrected chi connectivity index (χ2v) is 6.89. The van der Waals surface area contributed by atoms with Gasteiger partial charge in [0.2, 0.25) is 0 Å². The van der Waals surface area contributed by atoms with E-state index in [1.165, 1.54) is 0 Å². The van der Waals surface area contributed by atoms with Crippen LogP contribution in [0.1, 0.15) is 26.2 Å². The maximum atomic E-state index is 5.78. The van der Waals surface area contributed by atoms with Crippen molar-refractivity contribution in [2.45, 2.75) is 31.8 Å². The van der Waals surface area contributed by atoms with Gasteiger partial charge in [0.25, 0.3) is 0 Å². The monoisotopic (exact) mass is 343 g/mol. The molecule has 0 saturated carbocycles. The summed E-state index contributed by atoms with van der Waals surface area (Å²) in [7, 11) is 3.29. The van der Waals surface area contributed by atoms with E-state index in [2.05, 4.69) is 21.8 Å². The molecular weight excluding hydrogens is 318 g/mol. The number of methoxy groups -OCH3 is 2. The van der Waals surface area contributed by atoms with Crippen LogP contribution in [0.4, 0.5) is 5.82 Å². The lowest BCUT2D eigenvalue weighted by Gasteiger charge is -2.35. The summed E-state index contributed by atoms with van der Waals surface area (Å²) in [6.07, 6.45) is 5.04. The first kappa shape index (κ1) is 16.4. The fourth-order valence-electron chi connectivity index (χ4n) is 4.06. The molecule has 1 aromatic heterocycles. The molecule has 4 rings (SSSR count). The Labute approximate surface area is 148 Å². The van der Waals surface area contributed by atoms with E-state index in [0.29, 0.717) is 17.4 Å². The van der Waals surface area contributed by atoms with Gasteiger partial charge in [-0.25, -0.2) is 9.97 Å². The minimum Gasteiger partial charge on any atom is -0.493 e. The van der Waals surface area contributed by atoms with E-state index >= 15 is 0 Å². The minimum atomic E-state index is 0.163. The van der Waals surface area contributed by atoms with Gasteiger partial charge in [0, 0.05) is 24.5 Å². The van der Waals surface area contributed by atoms with Crippen molar-refractivity contribution in [2.75, 3.05) is 38.8 Å². The highest BCUT2D eigenvalue weighted by Crippen LogP contribution is 2.44. The molecule has 2 saturated heterocycles. The van der Waals surface area contributed by atoms with Crippen LogP contribution in [0.3, 0.4) is 0 Å². The van der Waals surface area contributed by atoms with Gasteiger partial charge < -0.3 is 19.1 Å². The zero-order chi connectivity index (χ0) is 17.4. The lowest BCUT2D eigenvalue weighted by atomic mass is 9.83. The number of hydrogen-bond donors (Lipinski definition) is 0. The number of anilines is 1.